The predicted octanol–water partition coefficient (Wildman–Crippen LogP) is -1.00. The van der Waals surface area contributed by atoms with Gasteiger partial charge in [-0.2, -0.15) is 0 Å². The van der Waals surface area contributed by atoms with Gasteiger partial charge in [0.25, 0.3) is 0 Å². The molecular weight excluding hydrogens is 460 g/mol. The molecule has 1 rings (SSSR count). The van der Waals surface area contributed by atoms with Crippen molar-refractivity contribution in [3.05, 3.63) is 35.9 Å². The Hall–Kier alpha value is -3.51. The Morgan fingerprint density at radius 2 is 1.46 bits per heavy atom. The molecule has 1 aromatic rings. The summed E-state index contributed by atoms with van der Waals surface area (Å²) < 4.78 is 0. The number of rotatable bonds is 14. The molecule has 0 heterocycles. The molecule has 12 nitrogen and oxygen atoms in total. The molecule has 1 aromatic carbocycles. The lowest BCUT2D eigenvalue weighted by molar-refractivity contribution is -0.146. The average molecular weight is 495 g/mol. The molecule has 0 saturated carbocycles. The summed E-state index contributed by atoms with van der Waals surface area (Å²) in [6.07, 6.45) is -1.64. The van der Waals surface area contributed by atoms with Crippen LogP contribution >= 0.6 is 0 Å². The van der Waals surface area contributed by atoms with Gasteiger partial charge >= 0.3 is 11.9 Å². The summed E-state index contributed by atoms with van der Waals surface area (Å²) in [5, 5.41) is 34.8. The van der Waals surface area contributed by atoms with Crippen LogP contribution in [0.2, 0.25) is 0 Å². The minimum absolute atomic E-state index is 0.224. The van der Waals surface area contributed by atoms with E-state index in [1.807, 2.05) is 11.4 Å². The molecule has 12 heteroatoms. The molecule has 0 saturated heterocycles. The van der Waals surface area contributed by atoms with Crippen molar-refractivity contribution in [3.8, 4) is 0 Å². The van der Waals surface area contributed by atoms with Crippen LogP contribution < -0.4 is 21.7 Å². The molecule has 3 amide bonds. The smallest absolute Gasteiger partial charge is 0.328 e. The van der Waals surface area contributed by atoms with Crippen LogP contribution in [0.25, 0.3) is 0 Å². The zero-order valence-electron chi connectivity index (χ0n) is 19.9. The molecule has 6 unspecified atom stereocenters. The quantitative estimate of drug-likeness (QED) is 0.169. The molecular formula is C23H34N4O8. The van der Waals surface area contributed by atoms with Crippen LogP contribution in [-0.2, 0) is 30.4 Å². The van der Waals surface area contributed by atoms with Crippen molar-refractivity contribution < 1.29 is 39.3 Å². The lowest BCUT2D eigenvalue weighted by Gasteiger charge is -2.27. The Balaban J connectivity index is 2.99. The van der Waals surface area contributed by atoms with E-state index < -0.39 is 72.3 Å². The van der Waals surface area contributed by atoms with Crippen molar-refractivity contribution >= 4 is 29.7 Å². The number of hydrogen-bond donors (Lipinski definition) is 7. The number of amides is 3. The number of aliphatic hydroxyl groups is 1. The number of carboxylic acid groups (broad SMARTS) is 2. The van der Waals surface area contributed by atoms with E-state index in [2.05, 4.69) is 10.6 Å². The monoisotopic (exact) mass is 494 g/mol. The van der Waals surface area contributed by atoms with Crippen LogP contribution in [0.5, 0.6) is 0 Å². The molecule has 8 N–H and O–H groups in total. The second-order valence-corrected chi connectivity index (χ2v) is 8.39. The molecule has 0 aliphatic rings. The topological polar surface area (TPSA) is 208 Å². The number of aliphatic hydroxyl groups excluding tert-OH is 1. The molecule has 0 bridgehead atoms. The maximum absolute atomic E-state index is 13.0. The third-order valence-electron chi connectivity index (χ3n) is 5.49. The van der Waals surface area contributed by atoms with E-state index in [1.54, 1.807) is 38.1 Å². The fraction of sp³-hybridized carbons (Fsp3) is 0.522. The van der Waals surface area contributed by atoms with E-state index in [-0.39, 0.29) is 6.42 Å². The van der Waals surface area contributed by atoms with Crippen LogP contribution in [0.15, 0.2) is 30.3 Å². The number of carbonyl (C=O) groups is 5. The third-order valence-corrected chi connectivity index (χ3v) is 5.49. The predicted molar refractivity (Wildman–Crippen MR) is 125 cm³/mol. The van der Waals surface area contributed by atoms with Gasteiger partial charge in [0.15, 0.2) is 6.04 Å². The van der Waals surface area contributed by atoms with E-state index in [4.69, 9.17) is 15.9 Å². The van der Waals surface area contributed by atoms with Crippen LogP contribution in [0.1, 0.15) is 39.2 Å². The van der Waals surface area contributed by atoms with Crippen molar-refractivity contribution in [1.82, 2.24) is 16.0 Å². The fourth-order valence-corrected chi connectivity index (χ4v) is 3.21. The standard InChI is InChI=1S/C23H34N4O8/c1-4-12(2)18(26-20(31)15(24)10-14-8-6-5-7-9-14)22(33)25-16(11-17(29)30)21(32)27-19(13(3)28)23(34)35/h5-9,12-13,15-16,18-19,28H,4,10-11,24H2,1-3H3,(H,25,33)(H,26,31)(H,27,32)(H,29,30)(H,34,35). The van der Waals surface area contributed by atoms with Gasteiger partial charge in [-0.05, 0) is 24.8 Å². The highest BCUT2D eigenvalue weighted by Gasteiger charge is 2.34. The van der Waals surface area contributed by atoms with E-state index in [0.717, 1.165) is 12.5 Å². The first-order chi connectivity index (χ1) is 16.4. The molecule has 6 atom stereocenters. The number of hydrogen-bond acceptors (Lipinski definition) is 7. The summed E-state index contributed by atoms with van der Waals surface area (Å²) in [4.78, 5) is 60.8. The molecule has 0 aromatic heterocycles. The number of benzene rings is 1. The number of nitrogens with one attached hydrogen (secondary N) is 3. The van der Waals surface area contributed by atoms with Crippen LogP contribution in [-0.4, -0.2) is 75.3 Å². The first-order valence-electron chi connectivity index (χ1n) is 11.2. The number of aliphatic carboxylic acids is 2. The van der Waals surface area contributed by atoms with Crippen molar-refractivity contribution in [1.29, 1.82) is 0 Å². The van der Waals surface area contributed by atoms with Gasteiger partial charge in [-0.3, -0.25) is 19.2 Å². The summed E-state index contributed by atoms with van der Waals surface area (Å²) in [7, 11) is 0. The summed E-state index contributed by atoms with van der Waals surface area (Å²) in [6.45, 7) is 4.60. The lowest BCUT2D eigenvalue weighted by Crippen LogP contribution is -2.60. The van der Waals surface area contributed by atoms with Crippen LogP contribution in [0.4, 0.5) is 0 Å². The highest BCUT2D eigenvalue weighted by molar-refractivity contribution is 5.95. The Morgan fingerprint density at radius 1 is 0.886 bits per heavy atom. The molecule has 0 radical (unpaired) electrons. The van der Waals surface area contributed by atoms with Gasteiger partial charge < -0.3 is 37.0 Å². The summed E-state index contributed by atoms with van der Waals surface area (Å²) in [5.74, 6) is -5.91. The van der Waals surface area contributed by atoms with Gasteiger partial charge in [0.05, 0.1) is 18.6 Å². The first-order valence-corrected chi connectivity index (χ1v) is 11.2. The molecule has 0 aliphatic carbocycles. The Morgan fingerprint density at radius 3 is 1.94 bits per heavy atom. The second kappa shape index (κ2) is 14.0. The molecule has 35 heavy (non-hydrogen) atoms. The highest BCUT2D eigenvalue weighted by Crippen LogP contribution is 2.10. The molecule has 194 valence electrons. The maximum atomic E-state index is 13.0. The van der Waals surface area contributed by atoms with Crippen LogP contribution in [0.3, 0.4) is 0 Å². The summed E-state index contributed by atoms with van der Waals surface area (Å²) in [5.41, 5.74) is 6.82. The Labute approximate surface area is 203 Å². The molecule has 0 spiro atoms. The van der Waals surface area contributed by atoms with Gasteiger partial charge in [-0.15, -0.1) is 0 Å². The lowest BCUT2D eigenvalue weighted by atomic mass is 9.96. The molecule has 0 aliphatic heterocycles. The largest absolute Gasteiger partial charge is 0.481 e. The van der Waals surface area contributed by atoms with Crippen molar-refractivity contribution in [2.75, 3.05) is 0 Å². The highest BCUT2D eigenvalue weighted by atomic mass is 16.4. The van der Waals surface area contributed by atoms with Gasteiger partial charge in [0, 0.05) is 0 Å². The van der Waals surface area contributed by atoms with E-state index in [0.29, 0.717) is 6.42 Å². The minimum Gasteiger partial charge on any atom is -0.481 e. The van der Waals surface area contributed by atoms with E-state index in [1.165, 1.54) is 0 Å². The van der Waals surface area contributed by atoms with Crippen molar-refractivity contribution in [2.45, 2.75) is 70.3 Å². The van der Waals surface area contributed by atoms with Crippen LogP contribution in [0, 0.1) is 5.92 Å². The minimum atomic E-state index is -1.71. The van der Waals surface area contributed by atoms with Gasteiger partial charge in [-0.1, -0.05) is 50.6 Å². The van der Waals surface area contributed by atoms with Gasteiger partial charge in [0.1, 0.15) is 12.1 Å². The number of carboxylic acids is 2. The van der Waals surface area contributed by atoms with Gasteiger partial charge in [-0.25, -0.2) is 4.79 Å². The summed E-state index contributed by atoms with van der Waals surface area (Å²) in [6, 6.07) is 3.58. The fourth-order valence-electron chi connectivity index (χ4n) is 3.21. The Bertz CT molecular complexity index is 893. The zero-order chi connectivity index (χ0) is 26.7. The summed E-state index contributed by atoms with van der Waals surface area (Å²) >= 11 is 0. The second-order valence-electron chi connectivity index (χ2n) is 8.39. The number of carbonyl (C=O) groups excluding carboxylic acids is 3. The molecule has 0 fully saturated rings. The van der Waals surface area contributed by atoms with Crippen molar-refractivity contribution in [3.63, 3.8) is 0 Å². The Kier molecular flexibility index (Phi) is 11.8. The average Bonchev–Trinajstić information content (AvgIpc) is 2.79. The first kappa shape index (κ1) is 29.5. The zero-order valence-corrected chi connectivity index (χ0v) is 19.9. The maximum Gasteiger partial charge on any atom is 0.328 e. The van der Waals surface area contributed by atoms with Crippen molar-refractivity contribution in [2.24, 2.45) is 11.7 Å². The third kappa shape index (κ3) is 9.71. The van der Waals surface area contributed by atoms with Gasteiger partial charge in [0.2, 0.25) is 17.7 Å². The van der Waals surface area contributed by atoms with E-state index >= 15 is 0 Å². The normalized spacial score (nSPS) is 16.0. The van der Waals surface area contributed by atoms with E-state index in [9.17, 15) is 29.1 Å². The number of nitrogens with two attached hydrogens (primary N) is 1. The SMILES string of the molecule is CCC(C)C(NC(=O)C(N)Cc1ccccc1)C(=O)NC(CC(=O)O)C(=O)NC(C(=O)O)C(C)O.